The molecule has 0 saturated heterocycles. The van der Waals surface area contributed by atoms with E-state index in [1.165, 1.54) is 12.5 Å². The molecule has 1 aromatic heterocycles. The van der Waals surface area contributed by atoms with Gasteiger partial charge >= 0.3 is 5.97 Å². The van der Waals surface area contributed by atoms with Crippen molar-refractivity contribution in [3.63, 3.8) is 0 Å². The predicted molar refractivity (Wildman–Crippen MR) is 78.9 cm³/mol. The standard InChI is InChI=1S/C15H12N2O2S/c1-9-3-5-11(6-4-9)12-7-8-13(19-10(2)18)15-14(12)16-20-17-15/h3-8H,1-2H3. The van der Waals surface area contributed by atoms with Crippen molar-refractivity contribution >= 4 is 28.7 Å². The maximum absolute atomic E-state index is 11.1. The van der Waals surface area contributed by atoms with Crippen LogP contribution in [0.25, 0.3) is 22.2 Å². The van der Waals surface area contributed by atoms with Crippen LogP contribution in [-0.4, -0.2) is 14.7 Å². The van der Waals surface area contributed by atoms with Gasteiger partial charge in [-0.2, -0.15) is 8.75 Å². The van der Waals surface area contributed by atoms with Gasteiger partial charge in [-0.3, -0.25) is 4.79 Å². The van der Waals surface area contributed by atoms with Crippen LogP contribution in [0.3, 0.4) is 0 Å². The molecule has 0 saturated carbocycles. The zero-order valence-corrected chi connectivity index (χ0v) is 11.9. The van der Waals surface area contributed by atoms with Crippen LogP contribution < -0.4 is 4.74 Å². The number of esters is 1. The van der Waals surface area contributed by atoms with Crippen molar-refractivity contribution in [3.8, 4) is 16.9 Å². The molecule has 3 aromatic rings. The van der Waals surface area contributed by atoms with Gasteiger partial charge in [-0.1, -0.05) is 29.8 Å². The highest BCUT2D eigenvalue weighted by Gasteiger charge is 2.13. The highest BCUT2D eigenvalue weighted by molar-refractivity contribution is 7.00. The maximum atomic E-state index is 11.1. The Morgan fingerprint density at radius 1 is 1.05 bits per heavy atom. The van der Waals surface area contributed by atoms with Gasteiger partial charge in [-0.05, 0) is 24.6 Å². The molecule has 20 heavy (non-hydrogen) atoms. The molecule has 0 bridgehead atoms. The number of carbonyl (C=O) groups is 1. The van der Waals surface area contributed by atoms with Crippen molar-refractivity contribution in [2.75, 3.05) is 0 Å². The quantitative estimate of drug-likeness (QED) is 0.533. The molecule has 0 spiro atoms. The largest absolute Gasteiger partial charge is 0.424 e. The van der Waals surface area contributed by atoms with Gasteiger partial charge in [0.05, 0.1) is 11.7 Å². The van der Waals surface area contributed by atoms with E-state index in [2.05, 4.69) is 33.0 Å². The number of carbonyl (C=O) groups excluding carboxylic acids is 1. The molecule has 0 atom stereocenters. The van der Waals surface area contributed by atoms with Crippen LogP contribution in [0.1, 0.15) is 12.5 Å². The summed E-state index contributed by atoms with van der Waals surface area (Å²) in [5.41, 5.74) is 4.66. The van der Waals surface area contributed by atoms with E-state index < -0.39 is 0 Å². The zero-order chi connectivity index (χ0) is 14.1. The summed E-state index contributed by atoms with van der Waals surface area (Å²) in [4.78, 5) is 11.1. The fourth-order valence-corrected chi connectivity index (χ4v) is 2.61. The first-order valence-corrected chi connectivity index (χ1v) is 6.89. The van der Waals surface area contributed by atoms with Crippen molar-refractivity contribution in [2.45, 2.75) is 13.8 Å². The summed E-state index contributed by atoms with van der Waals surface area (Å²) in [7, 11) is 0. The first-order chi connectivity index (χ1) is 9.65. The Kier molecular flexibility index (Phi) is 3.20. The molecule has 1 heterocycles. The van der Waals surface area contributed by atoms with Crippen LogP contribution in [0.2, 0.25) is 0 Å². The molecule has 0 fully saturated rings. The highest BCUT2D eigenvalue weighted by atomic mass is 32.1. The van der Waals surface area contributed by atoms with Crippen molar-refractivity contribution in [2.24, 2.45) is 0 Å². The maximum Gasteiger partial charge on any atom is 0.308 e. The summed E-state index contributed by atoms with van der Waals surface area (Å²) >= 11 is 1.11. The fourth-order valence-electron chi connectivity index (χ4n) is 2.05. The number of aromatic nitrogens is 2. The molecule has 4 nitrogen and oxygen atoms in total. The van der Waals surface area contributed by atoms with E-state index in [-0.39, 0.29) is 5.97 Å². The minimum absolute atomic E-state index is 0.359. The third kappa shape index (κ3) is 2.28. The molecule has 0 N–H and O–H groups in total. The summed E-state index contributed by atoms with van der Waals surface area (Å²) in [5.74, 6) is 0.0968. The van der Waals surface area contributed by atoms with Crippen LogP contribution >= 0.6 is 11.7 Å². The van der Waals surface area contributed by atoms with E-state index in [4.69, 9.17) is 4.74 Å². The number of benzene rings is 2. The van der Waals surface area contributed by atoms with E-state index in [0.717, 1.165) is 28.4 Å². The number of nitrogens with zero attached hydrogens (tertiary/aromatic N) is 2. The number of ether oxygens (including phenoxy) is 1. The Balaban J connectivity index is 2.16. The summed E-state index contributed by atoms with van der Waals surface area (Å²) < 4.78 is 13.7. The van der Waals surface area contributed by atoms with E-state index in [9.17, 15) is 4.79 Å². The van der Waals surface area contributed by atoms with Crippen molar-refractivity contribution in [3.05, 3.63) is 42.0 Å². The van der Waals surface area contributed by atoms with Crippen LogP contribution in [0.5, 0.6) is 5.75 Å². The van der Waals surface area contributed by atoms with Gasteiger partial charge in [0, 0.05) is 12.5 Å². The lowest BCUT2D eigenvalue weighted by atomic mass is 10.0. The van der Waals surface area contributed by atoms with Crippen LogP contribution in [0.15, 0.2) is 36.4 Å². The van der Waals surface area contributed by atoms with Crippen molar-refractivity contribution in [1.29, 1.82) is 0 Å². The van der Waals surface area contributed by atoms with E-state index in [1.807, 2.05) is 13.0 Å². The van der Waals surface area contributed by atoms with Gasteiger partial charge in [0.15, 0.2) is 5.75 Å². The second-order valence-electron chi connectivity index (χ2n) is 4.53. The van der Waals surface area contributed by atoms with E-state index in [1.54, 1.807) is 6.07 Å². The number of rotatable bonds is 2. The van der Waals surface area contributed by atoms with Crippen molar-refractivity contribution in [1.82, 2.24) is 8.75 Å². The smallest absolute Gasteiger partial charge is 0.308 e. The third-order valence-electron chi connectivity index (χ3n) is 2.99. The number of hydrogen-bond donors (Lipinski definition) is 0. The molecule has 0 aliphatic heterocycles. The molecular formula is C15H12N2O2S. The molecule has 3 rings (SSSR count). The molecule has 0 aliphatic rings. The lowest BCUT2D eigenvalue weighted by Crippen LogP contribution is -2.02. The van der Waals surface area contributed by atoms with Gasteiger partial charge in [0.25, 0.3) is 0 Å². The Hall–Kier alpha value is -2.27. The predicted octanol–water partition coefficient (Wildman–Crippen LogP) is 3.59. The third-order valence-corrected chi connectivity index (χ3v) is 3.52. The summed E-state index contributed by atoms with van der Waals surface area (Å²) in [6.07, 6.45) is 0. The minimum atomic E-state index is -0.359. The Morgan fingerprint density at radius 3 is 2.45 bits per heavy atom. The first-order valence-electron chi connectivity index (χ1n) is 6.16. The van der Waals surface area contributed by atoms with Gasteiger partial charge in [0.1, 0.15) is 11.0 Å². The summed E-state index contributed by atoms with van der Waals surface area (Å²) in [6.45, 7) is 3.42. The Morgan fingerprint density at radius 2 is 1.75 bits per heavy atom. The lowest BCUT2D eigenvalue weighted by Gasteiger charge is -2.06. The van der Waals surface area contributed by atoms with E-state index in [0.29, 0.717) is 11.3 Å². The molecule has 0 aliphatic carbocycles. The van der Waals surface area contributed by atoms with Gasteiger partial charge in [-0.15, -0.1) is 0 Å². The highest BCUT2D eigenvalue weighted by Crippen LogP contribution is 2.33. The topological polar surface area (TPSA) is 52.1 Å². The van der Waals surface area contributed by atoms with Crippen LogP contribution in [0.4, 0.5) is 0 Å². The summed E-state index contributed by atoms with van der Waals surface area (Å²) in [6, 6.07) is 11.9. The monoisotopic (exact) mass is 284 g/mol. The number of aryl methyl sites for hydroxylation is 1. The fraction of sp³-hybridized carbons (Fsp3) is 0.133. The number of fused-ring (bicyclic) bond motifs is 1. The average Bonchev–Trinajstić information content (AvgIpc) is 2.89. The molecule has 0 radical (unpaired) electrons. The van der Waals surface area contributed by atoms with E-state index >= 15 is 0 Å². The normalized spacial score (nSPS) is 10.7. The zero-order valence-electron chi connectivity index (χ0n) is 11.1. The van der Waals surface area contributed by atoms with Crippen molar-refractivity contribution < 1.29 is 9.53 Å². The second kappa shape index (κ2) is 5.02. The molecular weight excluding hydrogens is 272 g/mol. The Bertz CT molecular complexity index is 778. The Labute approximate surface area is 120 Å². The molecule has 0 unspecified atom stereocenters. The van der Waals surface area contributed by atoms with Crippen LogP contribution in [-0.2, 0) is 4.79 Å². The first kappa shape index (κ1) is 12.7. The molecule has 5 heteroatoms. The molecule has 2 aromatic carbocycles. The van der Waals surface area contributed by atoms with Gasteiger partial charge in [0.2, 0.25) is 0 Å². The molecule has 100 valence electrons. The second-order valence-corrected chi connectivity index (χ2v) is 5.06. The minimum Gasteiger partial charge on any atom is -0.424 e. The number of hydrogen-bond acceptors (Lipinski definition) is 5. The summed E-state index contributed by atoms with van der Waals surface area (Å²) in [5, 5.41) is 0. The average molecular weight is 284 g/mol. The van der Waals surface area contributed by atoms with Crippen LogP contribution in [0, 0.1) is 6.92 Å². The van der Waals surface area contributed by atoms with Gasteiger partial charge in [-0.25, -0.2) is 0 Å². The lowest BCUT2D eigenvalue weighted by molar-refractivity contribution is -0.131. The molecule has 0 amide bonds. The van der Waals surface area contributed by atoms with Gasteiger partial charge < -0.3 is 4.74 Å². The SMILES string of the molecule is CC(=O)Oc1ccc(-c2ccc(C)cc2)c2nsnc12.